The molecule has 0 amide bonds. The van der Waals surface area contributed by atoms with Crippen LogP contribution in [-0.2, 0) is 6.42 Å². The number of halogens is 1. The van der Waals surface area contributed by atoms with E-state index in [1.54, 1.807) is 6.07 Å². The van der Waals surface area contributed by atoms with Crippen LogP contribution in [0.1, 0.15) is 34.2 Å². The van der Waals surface area contributed by atoms with Gasteiger partial charge in [0.2, 0.25) is 0 Å². The molecule has 2 nitrogen and oxygen atoms in total. The predicted molar refractivity (Wildman–Crippen MR) is 85.2 cm³/mol. The Balaban J connectivity index is 2.24. The van der Waals surface area contributed by atoms with Crippen LogP contribution in [-0.4, -0.2) is 5.78 Å². The molecule has 2 aromatic carbocycles. The van der Waals surface area contributed by atoms with Crippen molar-refractivity contribution in [2.75, 3.05) is 0 Å². The lowest BCUT2D eigenvalue weighted by atomic mass is 9.98. The van der Waals surface area contributed by atoms with E-state index in [1.807, 2.05) is 50.2 Å². The topological polar surface area (TPSA) is 30.2 Å². The van der Waals surface area contributed by atoms with E-state index in [0.717, 1.165) is 16.5 Å². The standard InChI is InChI=1S/C18H15ClO2/c1-3-14-16(12-8-4-5-10-15(12)21-14)18(20)13-9-6-7-11(2)17(13)19/h4-10H,3H2,1-2H3. The summed E-state index contributed by atoms with van der Waals surface area (Å²) in [5, 5.41) is 1.35. The fourth-order valence-corrected chi connectivity index (χ4v) is 2.76. The Labute approximate surface area is 128 Å². The molecule has 0 saturated carbocycles. The fourth-order valence-electron chi connectivity index (χ4n) is 2.55. The van der Waals surface area contributed by atoms with E-state index < -0.39 is 0 Å². The van der Waals surface area contributed by atoms with Gasteiger partial charge in [-0.1, -0.05) is 48.9 Å². The summed E-state index contributed by atoms with van der Waals surface area (Å²) >= 11 is 6.30. The minimum absolute atomic E-state index is 0.0782. The zero-order chi connectivity index (χ0) is 15.0. The molecular weight excluding hydrogens is 284 g/mol. The van der Waals surface area contributed by atoms with Crippen LogP contribution in [0, 0.1) is 6.92 Å². The first kappa shape index (κ1) is 13.9. The maximum Gasteiger partial charge on any atom is 0.198 e. The SMILES string of the molecule is CCc1oc2ccccc2c1C(=O)c1cccc(C)c1Cl. The van der Waals surface area contributed by atoms with Crippen molar-refractivity contribution in [1.82, 2.24) is 0 Å². The first-order valence-electron chi connectivity index (χ1n) is 6.93. The lowest BCUT2D eigenvalue weighted by Crippen LogP contribution is -2.05. The zero-order valence-corrected chi connectivity index (χ0v) is 12.7. The third-order valence-electron chi connectivity index (χ3n) is 3.65. The Morgan fingerprint density at radius 2 is 1.90 bits per heavy atom. The normalized spacial score (nSPS) is 11.0. The molecule has 0 unspecified atom stereocenters. The Morgan fingerprint density at radius 3 is 2.67 bits per heavy atom. The Hall–Kier alpha value is -2.06. The van der Waals surface area contributed by atoms with Crippen molar-refractivity contribution in [3.05, 3.63) is 69.9 Å². The molecule has 0 radical (unpaired) electrons. The number of para-hydroxylation sites is 1. The highest BCUT2D eigenvalue weighted by molar-refractivity contribution is 6.36. The van der Waals surface area contributed by atoms with Gasteiger partial charge in [0.1, 0.15) is 11.3 Å². The number of aryl methyl sites for hydroxylation is 2. The second-order valence-corrected chi connectivity index (χ2v) is 5.39. The molecule has 1 aromatic heterocycles. The van der Waals surface area contributed by atoms with Gasteiger partial charge in [-0.25, -0.2) is 0 Å². The number of carbonyl (C=O) groups excluding carboxylic acids is 1. The molecule has 21 heavy (non-hydrogen) atoms. The number of hydrogen-bond donors (Lipinski definition) is 0. The van der Waals surface area contributed by atoms with Gasteiger partial charge >= 0.3 is 0 Å². The third kappa shape index (κ3) is 2.26. The molecule has 1 heterocycles. The molecule has 3 heteroatoms. The molecule has 0 atom stereocenters. The van der Waals surface area contributed by atoms with Crippen molar-refractivity contribution in [1.29, 1.82) is 0 Å². The maximum absolute atomic E-state index is 12.9. The number of ketones is 1. The molecule has 0 aliphatic carbocycles. The molecule has 106 valence electrons. The molecule has 3 aromatic rings. The number of furan rings is 1. The van der Waals surface area contributed by atoms with Gasteiger partial charge in [-0.05, 0) is 24.6 Å². The van der Waals surface area contributed by atoms with Gasteiger partial charge in [0.15, 0.2) is 5.78 Å². The van der Waals surface area contributed by atoms with E-state index in [4.69, 9.17) is 16.0 Å². The Morgan fingerprint density at radius 1 is 1.14 bits per heavy atom. The molecule has 0 N–H and O–H groups in total. The quantitative estimate of drug-likeness (QED) is 0.623. The van der Waals surface area contributed by atoms with Crippen LogP contribution < -0.4 is 0 Å². The second kappa shape index (κ2) is 5.38. The Bertz CT molecular complexity index is 830. The Kier molecular flexibility index (Phi) is 3.56. The monoisotopic (exact) mass is 298 g/mol. The van der Waals surface area contributed by atoms with E-state index in [-0.39, 0.29) is 5.78 Å². The van der Waals surface area contributed by atoms with E-state index in [9.17, 15) is 4.79 Å². The third-order valence-corrected chi connectivity index (χ3v) is 4.15. The lowest BCUT2D eigenvalue weighted by molar-refractivity contribution is 0.103. The molecule has 0 bridgehead atoms. The summed E-state index contributed by atoms with van der Waals surface area (Å²) in [5.41, 5.74) is 2.79. The van der Waals surface area contributed by atoms with Crippen molar-refractivity contribution in [2.45, 2.75) is 20.3 Å². The molecule has 0 spiro atoms. The smallest absolute Gasteiger partial charge is 0.198 e. The van der Waals surface area contributed by atoms with Crippen LogP contribution in [0.4, 0.5) is 0 Å². The minimum atomic E-state index is -0.0782. The largest absolute Gasteiger partial charge is 0.460 e. The van der Waals surface area contributed by atoms with Gasteiger partial charge in [-0.15, -0.1) is 0 Å². The second-order valence-electron chi connectivity index (χ2n) is 5.02. The number of hydrogen-bond acceptors (Lipinski definition) is 2. The molecule has 3 rings (SSSR count). The van der Waals surface area contributed by atoms with Gasteiger partial charge in [0.25, 0.3) is 0 Å². The van der Waals surface area contributed by atoms with Gasteiger partial charge < -0.3 is 4.42 Å². The highest BCUT2D eigenvalue weighted by atomic mass is 35.5. The van der Waals surface area contributed by atoms with Crippen LogP contribution in [0.25, 0.3) is 11.0 Å². The van der Waals surface area contributed by atoms with Crippen molar-refractivity contribution >= 4 is 28.4 Å². The van der Waals surface area contributed by atoms with Crippen LogP contribution in [0.3, 0.4) is 0 Å². The van der Waals surface area contributed by atoms with Crippen molar-refractivity contribution in [3.63, 3.8) is 0 Å². The van der Waals surface area contributed by atoms with E-state index in [1.165, 1.54) is 0 Å². The fraction of sp³-hybridized carbons (Fsp3) is 0.167. The summed E-state index contributed by atoms with van der Waals surface area (Å²) in [7, 11) is 0. The number of fused-ring (bicyclic) bond motifs is 1. The molecule has 0 saturated heterocycles. The minimum Gasteiger partial charge on any atom is -0.460 e. The van der Waals surface area contributed by atoms with Crippen LogP contribution >= 0.6 is 11.6 Å². The molecule has 0 aliphatic rings. The molecule has 0 aliphatic heterocycles. The summed E-state index contributed by atoms with van der Waals surface area (Å²) in [6.45, 7) is 3.87. The first-order valence-corrected chi connectivity index (χ1v) is 7.31. The van der Waals surface area contributed by atoms with Crippen LogP contribution in [0.15, 0.2) is 46.9 Å². The first-order chi connectivity index (χ1) is 10.1. The van der Waals surface area contributed by atoms with Crippen molar-refractivity contribution in [3.8, 4) is 0 Å². The molecular formula is C18H15ClO2. The highest BCUT2D eigenvalue weighted by Gasteiger charge is 2.22. The summed E-state index contributed by atoms with van der Waals surface area (Å²) in [6, 6.07) is 13.1. The van der Waals surface area contributed by atoms with Crippen LogP contribution in [0.2, 0.25) is 5.02 Å². The van der Waals surface area contributed by atoms with Crippen molar-refractivity contribution in [2.24, 2.45) is 0 Å². The van der Waals surface area contributed by atoms with Gasteiger partial charge in [-0.2, -0.15) is 0 Å². The summed E-state index contributed by atoms with van der Waals surface area (Å²) < 4.78 is 5.80. The number of rotatable bonds is 3. The highest BCUT2D eigenvalue weighted by Crippen LogP contribution is 2.31. The zero-order valence-electron chi connectivity index (χ0n) is 11.9. The average Bonchev–Trinajstić information content (AvgIpc) is 2.88. The predicted octanol–water partition coefficient (Wildman–Crippen LogP) is 5.19. The van der Waals surface area contributed by atoms with Gasteiger partial charge in [0, 0.05) is 17.4 Å². The summed E-state index contributed by atoms with van der Waals surface area (Å²) in [6.07, 6.45) is 0.666. The van der Waals surface area contributed by atoms with Gasteiger partial charge in [0.05, 0.1) is 10.6 Å². The summed E-state index contributed by atoms with van der Waals surface area (Å²) in [5.74, 6) is 0.629. The van der Waals surface area contributed by atoms with Crippen molar-refractivity contribution < 1.29 is 9.21 Å². The van der Waals surface area contributed by atoms with Crippen LogP contribution in [0.5, 0.6) is 0 Å². The maximum atomic E-state index is 12.9. The van der Waals surface area contributed by atoms with E-state index in [0.29, 0.717) is 28.3 Å². The number of benzene rings is 2. The molecule has 0 fully saturated rings. The van der Waals surface area contributed by atoms with E-state index in [2.05, 4.69) is 0 Å². The average molecular weight is 299 g/mol. The lowest BCUT2D eigenvalue weighted by Gasteiger charge is -2.06. The summed E-state index contributed by atoms with van der Waals surface area (Å²) in [4.78, 5) is 12.9. The number of carbonyl (C=O) groups is 1. The van der Waals surface area contributed by atoms with E-state index >= 15 is 0 Å². The van der Waals surface area contributed by atoms with Gasteiger partial charge in [-0.3, -0.25) is 4.79 Å².